The highest BCUT2D eigenvalue weighted by Crippen LogP contribution is 2.42. The number of hydrogen-bond donors (Lipinski definition) is 1. The fourth-order valence-corrected chi connectivity index (χ4v) is 4.20. The molecule has 1 aliphatic rings. The molecule has 1 heterocycles. The zero-order valence-corrected chi connectivity index (χ0v) is 13.8. The third kappa shape index (κ3) is 4.32. The summed E-state index contributed by atoms with van der Waals surface area (Å²) in [5, 5.41) is 3.75. The minimum atomic E-state index is 0.236. The molecule has 1 aromatic heterocycles. The van der Waals surface area contributed by atoms with E-state index in [-0.39, 0.29) is 5.54 Å². The minimum Gasteiger partial charge on any atom is -0.312 e. The van der Waals surface area contributed by atoms with Crippen LogP contribution in [0.2, 0.25) is 0 Å². The first-order chi connectivity index (χ1) is 8.92. The lowest BCUT2D eigenvalue weighted by molar-refractivity contribution is 0.246. The Bertz CT molecular complexity index is 394. The Morgan fingerprint density at radius 3 is 2.32 bits per heavy atom. The van der Waals surface area contributed by atoms with E-state index < -0.39 is 0 Å². The molecule has 0 atom stereocenters. The Morgan fingerprint density at radius 2 is 1.79 bits per heavy atom. The smallest absolute Gasteiger partial charge is 0.00967 e. The van der Waals surface area contributed by atoms with Crippen molar-refractivity contribution in [3.05, 3.63) is 21.9 Å². The maximum atomic E-state index is 3.75. The number of rotatable bonds is 5. The third-order valence-electron chi connectivity index (χ3n) is 4.27. The Hall–Kier alpha value is -0.340. The van der Waals surface area contributed by atoms with Crippen LogP contribution in [0.25, 0.3) is 0 Å². The van der Waals surface area contributed by atoms with Gasteiger partial charge in [-0.25, -0.2) is 0 Å². The Labute approximate surface area is 122 Å². The SMILES string of the molecule is CCc1ccc(CC2(CNC(C)(C)C)CCCC2)s1. The highest BCUT2D eigenvalue weighted by Gasteiger charge is 2.35. The van der Waals surface area contributed by atoms with Gasteiger partial charge in [0.25, 0.3) is 0 Å². The molecule has 108 valence electrons. The van der Waals surface area contributed by atoms with E-state index in [9.17, 15) is 0 Å². The standard InChI is InChI=1S/C17H29NS/c1-5-14-8-9-15(19-14)12-17(10-6-7-11-17)13-18-16(2,3)4/h8-9,18H,5-7,10-13H2,1-4H3. The molecule has 1 fully saturated rings. The van der Waals surface area contributed by atoms with Gasteiger partial charge in [0.15, 0.2) is 0 Å². The van der Waals surface area contributed by atoms with Gasteiger partial charge in [-0.05, 0) is 64.0 Å². The summed E-state index contributed by atoms with van der Waals surface area (Å²) in [6.45, 7) is 10.2. The van der Waals surface area contributed by atoms with Gasteiger partial charge in [0.2, 0.25) is 0 Å². The zero-order chi connectivity index (χ0) is 13.9. The molecule has 1 aliphatic carbocycles. The van der Waals surface area contributed by atoms with Crippen molar-refractivity contribution < 1.29 is 0 Å². The Balaban J connectivity index is 2.02. The topological polar surface area (TPSA) is 12.0 Å². The second-order valence-corrected chi connectivity index (χ2v) is 8.46. The molecule has 0 bridgehead atoms. The van der Waals surface area contributed by atoms with Gasteiger partial charge in [0.05, 0.1) is 0 Å². The average Bonchev–Trinajstić information content (AvgIpc) is 2.96. The van der Waals surface area contributed by atoms with E-state index in [0.29, 0.717) is 5.41 Å². The molecular weight excluding hydrogens is 250 g/mol. The maximum Gasteiger partial charge on any atom is 0.00967 e. The van der Waals surface area contributed by atoms with Crippen LogP contribution in [0.3, 0.4) is 0 Å². The van der Waals surface area contributed by atoms with Crippen molar-refractivity contribution in [3.8, 4) is 0 Å². The van der Waals surface area contributed by atoms with Crippen LogP contribution < -0.4 is 5.32 Å². The molecular formula is C17H29NS. The van der Waals surface area contributed by atoms with Gasteiger partial charge in [-0.15, -0.1) is 11.3 Å². The van der Waals surface area contributed by atoms with Crippen LogP contribution in [-0.4, -0.2) is 12.1 Å². The summed E-state index contributed by atoms with van der Waals surface area (Å²) in [6.07, 6.45) is 8.08. The number of thiophene rings is 1. The van der Waals surface area contributed by atoms with Crippen LogP contribution in [0.1, 0.15) is 63.1 Å². The zero-order valence-electron chi connectivity index (χ0n) is 13.0. The van der Waals surface area contributed by atoms with Crippen molar-refractivity contribution in [2.45, 2.75) is 71.8 Å². The first-order valence-corrected chi connectivity index (χ1v) is 8.57. The summed E-state index contributed by atoms with van der Waals surface area (Å²) in [4.78, 5) is 3.13. The Morgan fingerprint density at radius 1 is 1.16 bits per heavy atom. The molecule has 1 saturated carbocycles. The first kappa shape index (κ1) is 15.1. The molecule has 19 heavy (non-hydrogen) atoms. The summed E-state index contributed by atoms with van der Waals surface area (Å²) in [5.41, 5.74) is 0.753. The normalized spacial score (nSPS) is 18.9. The summed E-state index contributed by atoms with van der Waals surface area (Å²) in [6, 6.07) is 4.68. The van der Waals surface area contributed by atoms with Crippen molar-refractivity contribution in [2.75, 3.05) is 6.54 Å². The monoisotopic (exact) mass is 279 g/mol. The first-order valence-electron chi connectivity index (χ1n) is 7.75. The lowest BCUT2D eigenvalue weighted by Crippen LogP contribution is -2.43. The molecule has 1 N–H and O–H groups in total. The van der Waals surface area contributed by atoms with Crippen molar-refractivity contribution in [2.24, 2.45) is 5.41 Å². The van der Waals surface area contributed by atoms with Crippen molar-refractivity contribution >= 4 is 11.3 Å². The predicted octanol–water partition coefficient (Wildman–Crippen LogP) is 4.80. The Kier molecular flexibility index (Phi) is 4.73. The number of aryl methyl sites for hydroxylation is 1. The molecule has 0 amide bonds. The van der Waals surface area contributed by atoms with Gasteiger partial charge in [-0.1, -0.05) is 19.8 Å². The van der Waals surface area contributed by atoms with Crippen LogP contribution in [0, 0.1) is 5.41 Å². The van der Waals surface area contributed by atoms with Gasteiger partial charge in [0, 0.05) is 21.8 Å². The molecule has 2 heteroatoms. The molecule has 0 unspecified atom stereocenters. The van der Waals surface area contributed by atoms with Crippen LogP contribution in [0.4, 0.5) is 0 Å². The molecule has 0 radical (unpaired) electrons. The van der Waals surface area contributed by atoms with E-state index in [1.54, 1.807) is 4.88 Å². The van der Waals surface area contributed by atoms with Gasteiger partial charge >= 0.3 is 0 Å². The van der Waals surface area contributed by atoms with E-state index in [1.165, 1.54) is 49.9 Å². The van der Waals surface area contributed by atoms with Crippen molar-refractivity contribution in [1.82, 2.24) is 5.32 Å². The lowest BCUT2D eigenvalue weighted by atomic mass is 9.81. The van der Waals surface area contributed by atoms with E-state index in [4.69, 9.17) is 0 Å². The van der Waals surface area contributed by atoms with Crippen molar-refractivity contribution in [3.63, 3.8) is 0 Å². The predicted molar refractivity (Wildman–Crippen MR) is 86.1 cm³/mol. The van der Waals surface area contributed by atoms with Gasteiger partial charge in [-0.3, -0.25) is 0 Å². The number of hydrogen-bond acceptors (Lipinski definition) is 2. The van der Waals surface area contributed by atoms with Crippen LogP contribution in [0.15, 0.2) is 12.1 Å². The van der Waals surface area contributed by atoms with Crippen LogP contribution >= 0.6 is 11.3 Å². The molecule has 0 aromatic carbocycles. The summed E-state index contributed by atoms with van der Waals surface area (Å²) in [5.74, 6) is 0. The molecule has 0 saturated heterocycles. The van der Waals surface area contributed by atoms with Crippen LogP contribution in [-0.2, 0) is 12.8 Å². The fraction of sp³-hybridized carbons (Fsp3) is 0.765. The van der Waals surface area contributed by atoms with Gasteiger partial charge in [0.1, 0.15) is 0 Å². The second-order valence-electron chi connectivity index (χ2n) is 7.21. The molecule has 0 spiro atoms. The molecule has 2 rings (SSSR count). The quantitative estimate of drug-likeness (QED) is 0.816. The largest absolute Gasteiger partial charge is 0.312 e. The lowest BCUT2D eigenvalue weighted by Gasteiger charge is -2.33. The molecule has 1 aromatic rings. The van der Waals surface area contributed by atoms with E-state index in [2.05, 4.69) is 45.1 Å². The average molecular weight is 279 g/mol. The van der Waals surface area contributed by atoms with E-state index in [1.807, 2.05) is 11.3 Å². The third-order valence-corrected chi connectivity index (χ3v) is 5.50. The summed E-state index contributed by atoms with van der Waals surface area (Å²) in [7, 11) is 0. The maximum absolute atomic E-state index is 3.75. The van der Waals surface area contributed by atoms with Gasteiger partial charge in [-0.2, -0.15) is 0 Å². The minimum absolute atomic E-state index is 0.236. The van der Waals surface area contributed by atoms with Crippen LogP contribution in [0.5, 0.6) is 0 Å². The summed E-state index contributed by atoms with van der Waals surface area (Å²) < 4.78 is 0. The van der Waals surface area contributed by atoms with E-state index in [0.717, 1.165) is 0 Å². The van der Waals surface area contributed by atoms with E-state index >= 15 is 0 Å². The highest BCUT2D eigenvalue weighted by atomic mass is 32.1. The second kappa shape index (κ2) is 5.97. The molecule has 1 nitrogen and oxygen atoms in total. The number of nitrogens with one attached hydrogen (secondary N) is 1. The highest BCUT2D eigenvalue weighted by molar-refractivity contribution is 7.11. The fourth-order valence-electron chi connectivity index (χ4n) is 3.07. The molecule has 0 aliphatic heterocycles. The van der Waals surface area contributed by atoms with Crippen molar-refractivity contribution in [1.29, 1.82) is 0 Å². The summed E-state index contributed by atoms with van der Waals surface area (Å²) >= 11 is 2.02. The van der Waals surface area contributed by atoms with Gasteiger partial charge < -0.3 is 5.32 Å².